The molecule has 0 bridgehead atoms. The molecule has 1 aliphatic heterocycles. The summed E-state index contributed by atoms with van der Waals surface area (Å²) in [5, 5.41) is 0. The van der Waals surface area contributed by atoms with Crippen LogP contribution in [0.25, 0.3) is 6.08 Å². The zero-order chi connectivity index (χ0) is 13.8. The summed E-state index contributed by atoms with van der Waals surface area (Å²) in [5.74, 6) is 1.23. The van der Waals surface area contributed by atoms with E-state index in [1.165, 1.54) is 6.08 Å². The first-order valence-electron chi connectivity index (χ1n) is 6.16. The molecule has 0 atom stereocenters. The Labute approximate surface area is 116 Å². The second-order valence-corrected chi connectivity index (χ2v) is 4.18. The normalized spacial score (nSPS) is 12.6. The number of carbonyl (C=O) groups is 1. The first-order chi connectivity index (χ1) is 9.81. The highest BCUT2D eigenvalue weighted by Gasteiger charge is 2.14. The Morgan fingerprint density at radius 2 is 1.85 bits per heavy atom. The van der Waals surface area contributed by atoms with Crippen LogP contribution in [0.15, 0.2) is 54.6 Å². The SMILES string of the molecule is O=C(C=Cc1ccccc1)Oc1ccc2c(c1)OCO2. The minimum Gasteiger partial charge on any atom is -0.454 e. The highest BCUT2D eigenvalue weighted by atomic mass is 16.7. The van der Waals surface area contributed by atoms with Gasteiger partial charge in [0.2, 0.25) is 6.79 Å². The Bertz CT molecular complexity index is 647. The van der Waals surface area contributed by atoms with Crippen molar-refractivity contribution < 1.29 is 19.0 Å². The zero-order valence-corrected chi connectivity index (χ0v) is 10.6. The van der Waals surface area contributed by atoms with Crippen LogP contribution >= 0.6 is 0 Å². The summed E-state index contributed by atoms with van der Waals surface area (Å²) in [7, 11) is 0. The van der Waals surface area contributed by atoms with Crippen molar-refractivity contribution in [2.45, 2.75) is 0 Å². The molecule has 1 heterocycles. The van der Waals surface area contributed by atoms with Crippen molar-refractivity contribution in [3.05, 3.63) is 60.2 Å². The third-order valence-corrected chi connectivity index (χ3v) is 2.77. The summed E-state index contributed by atoms with van der Waals surface area (Å²) in [6, 6.07) is 14.6. The molecule has 0 unspecified atom stereocenters. The van der Waals surface area contributed by atoms with Crippen molar-refractivity contribution in [1.82, 2.24) is 0 Å². The predicted molar refractivity (Wildman–Crippen MR) is 73.7 cm³/mol. The van der Waals surface area contributed by atoms with Crippen LogP contribution in [0, 0.1) is 0 Å². The number of ether oxygens (including phenoxy) is 3. The van der Waals surface area contributed by atoms with Crippen molar-refractivity contribution in [3.8, 4) is 17.2 Å². The van der Waals surface area contributed by atoms with Gasteiger partial charge < -0.3 is 14.2 Å². The van der Waals surface area contributed by atoms with Gasteiger partial charge in [0.25, 0.3) is 0 Å². The number of rotatable bonds is 3. The van der Waals surface area contributed by atoms with Crippen molar-refractivity contribution >= 4 is 12.0 Å². The molecule has 2 aromatic carbocycles. The molecule has 0 saturated carbocycles. The second-order valence-electron chi connectivity index (χ2n) is 4.18. The first-order valence-corrected chi connectivity index (χ1v) is 6.16. The molecule has 20 heavy (non-hydrogen) atoms. The molecule has 0 saturated heterocycles. The number of fused-ring (bicyclic) bond motifs is 1. The molecule has 0 aromatic heterocycles. The van der Waals surface area contributed by atoms with Gasteiger partial charge in [-0.15, -0.1) is 0 Å². The zero-order valence-electron chi connectivity index (χ0n) is 10.6. The summed E-state index contributed by atoms with van der Waals surface area (Å²) in [4.78, 5) is 11.7. The maximum absolute atomic E-state index is 11.7. The molecule has 2 aromatic rings. The monoisotopic (exact) mass is 268 g/mol. The summed E-state index contributed by atoms with van der Waals surface area (Å²) in [5.41, 5.74) is 0.940. The standard InChI is InChI=1S/C16H12O4/c17-16(9-6-12-4-2-1-3-5-12)20-13-7-8-14-15(10-13)19-11-18-14/h1-10H,11H2. The molecule has 0 fully saturated rings. The van der Waals surface area contributed by atoms with E-state index in [9.17, 15) is 4.79 Å². The summed E-state index contributed by atoms with van der Waals surface area (Å²) in [6.45, 7) is 0.195. The fourth-order valence-electron chi connectivity index (χ4n) is 1.82. The Morgan fingerprint density at radius 3 is 2.70 bits per heavy atom. The summed E-state index contributed by atoms with van der Waals surface area (Å²) < 4.78 is 15.6. The van der Waals surface area contributed by atoms with Crippen LogP contribution in [0.5, 0.6) is 17.2 Å². The summed E-state index contributed by atoms with van der Waals surface area (Å²) >= 11 is 0. The number of esters is 1. The lowest BCUT2D eigenvalue weighted by Gasteiger charge is -2.02. The Kier molecular flexibility index (Phi) is 3.37. The molecule has 0 radical (unpaired) electrons. The Balaban J connectivity index is 1.66. The molecule has 4 heteroatoms. The highest BCUT2D eigenvalue weighted by Crippen LogP contribution is 2.35. The highest BCUT2D eigenvalue weighted by molar-refractivity contribution is 5.88. The van der Waals surface area contributed by atoms with Crippen molar-refractivity contribution in [2.24, 2.45) is 0 Å². The van der Waals surface area contributed by atoms with Gasteiger partial charge in [-0.25, -0.2) is 4.79 Å². The molecule has 0 aliphatic carbocycles. The predicted octanol–water partition coefficient (Wildman–Crippen LogP) is 3.03. The molecular formula is C16H12O4. The number of carbonyl (C=O) groups excluding carboxylic acids is 1. The van der Waals surface area contributed by atoms with Crippen LogP contribution in [0.4, 0.5) is 0 Å². The molecule has 100 valence electrons. The maximum atomic E-state index is 11.7. The van der Waals surface area contributed by atoms with E-state index in [0.717, 1.165) is 5.56 Å². The van der Waals surface area contributed by atoms with E-state index in [2.05, 4.69) is 0 Å². The number of benzene rings is 2. The fourth-order valence-corrected chi connectivity index (χ4v) is 1.82. The Hall–Kier alpha value is -2.75. The van der Waals surface area contributed by atoms with Gasteiger partial charge in [-0.2, -0.15) is 0 Å². The van der Waals surface area contributed by atoms with Gasteiger partial charge in [-0.05, 0) is 23.8 Å². The van der Waals surface area contributed by atoms with E-state index < -0.39 is 5.97 Å². The van der Waals surface area contributed by atoms with Crippen molar-refractivity contribution in [2.75, 3.05) is 6.79 Å². The van der Waals surface area contributed by atoms with E-state index in [0.29, 0.717) is 17.2 Å². The number of hydrogen-bond acceptors (Lipinski definition) is 4. The van der Waals surface area contributed by atoms with Gasteiger partial charge >= 0.3 is 5.97 Å². The number of hydrogen-bond donors (Lipinski definition) is 0. The minimum atomic E-state index is -0.437. The lowest BCUT2D eigenvalue weighted by Crippen LogP contribution is -2.03. The topological polar surface area (TPSA) is 44.8 Å². The van der Waals surface area contributed by atoms with E-state index >= 15 is 0 Å². The van der Waals surface area contributed by atoms with Crippen LogP contribution < -0.4 is 14.2 Å². The van der Waals surface area contributed by atoms with E-state index in [1.807, 2.05) is 30.3 Å². The molecule has 0 N–H and O–H groups in total. The van der Waals surface area contributed by atoms with E-state index in [-0.39, 0.29) is 6.79 Å². The third kappa shape index (κ3) is 2.80. The van der Waals surface area contributed by atoms with E-state index in [1.54, 1.807) is 24.3 Å². The lowest BCUT2D eigenvalue weighted by atomic mass is 10.2. The van der Waals surface area contributed by atoms with E-state index in [4.69, 9.17) is 14.2 Å². The quantitative estimate of drug-likeness (QED) is 0.487. The minimum absolute atomic E-state index is 0.195. The molecule has 0 amide bonds. The van der Waals surface area contributed by atoms with Gasteiger partial charge in [0.15, 0.2) is 11.5 Å². The average molecular weight is 268 g/mol. The Morgan fingerprint density at radius 1 is 1.05 bits per heavy atom. The molecule has 3 rings (SSSR count). The summed E-state index contributed by atoms with van der Waals surface area (Å²) in [6.07, 6.45) is 3.09. The molecule has 1 aliphatic rings. The van der Waals surface area contributed by atoms with Crippen LogP contribution in [0.3, 0.4) is 0 Å². The molecular weight excluding hydrogens is 256 g/mol. The lowest BCUT2D eigenvalue weighted by molar-refractivity contribution is -0.128. The average Bonchev–Trinajstić information content (AvgIpc) is 2.94. The first kappa shape index (κ1) is 12.3. The maximum Gasteiger partial charge on any atom is 0.336 e. The van der Waals surface area contributed by atoms with Gasteiger partial charge in [-0.3, -0.25) is 0 Å². The molecule has 0 spiro atoms. The van der Waals surface area contributed by atoms with Crippen molar-refractivity contribution in [1.29, 1.82) is 0 Å². The third-order valence-electron chi connectivity index (χ3n) is 2.77. The van der Waals surface area contributed by atoms with Gasteiger partial charge in [0.1, 0.15) is 5.75 Å². The smallest absolute Gasteiger partial charge is 0.336 e. The van der Waals surface area contributed by atoms with Crippen LogP contribution in [0.2, 0.25) is 0 Å². The molecule has 4 nitrogen and oxygen atoms in total. The van der Waals surface area contributed by atoms with Gasteiger partial charge in [0, 0.05) is 12.1 Å². The van der Waals surface area contributed by atoms with Gasteiger partial charge in [-0.1, -0.05) is 30.3 Å². The van der Waals surface area contributed by atoms with Crippen LogP contribution in [-0.4, -0.2) is 12.8 Å². The second kappa shape index (κ2) is 5.48. The fraction of sp³-hybridized carbons (Fsp3) is 0.0625. The van der Waals surface area contributed by atoms with Crippen LogP contribution in [0.1, 0.15) is 5.56 Å². The van der Waals surface area contributed by atoms with Crippen molar-refractivity contribution in [3.63, 3.8) is 0 Å². The van der Waals surface area contributed by atoms with Gasteiger partial charge in [0.05, 0.1) is 0 Å². The largest absolute Gasteiger partial charge is 0.454 e. The van der Waals surface area contributed by atoms with Crippen LogP contribution in [-0.2, 0) is 4.79 Å².